The highest BCUT2D eigenvalue weighted by Crippen LogP contribution is 2.19. The Labute approximate surface area is 97.9 Å². The Morgan fingerprint density at radius 3 is 2.41 bits per heavy atom. The lowest BCUT2D eigenvalue weighted by atomic mass is 9.93. The van der Waals surface area contributed by atoms with Crippen molar-refractivity contribution in [3.63, 3.8) is 0 Å². The van der Waals surface area contributed by atoms with Gasteiger partial charge < -0.3 is 4.74 Å². The number of carbonyl (C=O) groups excluding carboxylic acids is 3. The molecule has 4 nitrogen and oxygen atoms in total. The van der Waals surface area contributed by atoms with Crippen molar-refractivity contribution in [3.8, 4) is 0 Å². The van der Waals surface area contributed by atoms with Crippen molar-refractivity contribution in [2.75, 3.05) is 0 Å². The molecule has 0 heterocycles. The van der Waals surface area contributed by atoms with Crippen LogP contribution in [0.1, 0.15) is 33.2 Å². The molecule has 0 fully saturated rings. The highest BCUT2D eigenvalue weighted by Gasteiger charge is 2.19. The summed E-state index contributed by atoms with van der Waals surface area (Å²) in [5.41, 5.74) is 1.45. The van der Waals surface area contributed by atoms with Gasteiger partial charge in [0, 0.05) is 18.1 Å². The molecule has 0 N–H and O–H groups in total. The summed E-state index contributed by atoms with van der Waals surface area (Å²) in [6, 6.07) is 4.84. The molecule has 17 heavy (non-hydrogen) atoms. The summed E-state index contributed by atoms with van der Waals surface area (Å²) in [6.07, 6.45) is 2.51. The SMILES string of the molecule is CC(=O)OCc1ccc2c(c1)C(=O)C=CC2=O. The van der Waals surface area contributed by atoms with Gasteiger partial charge in [0.2, 0.25) is 0 Å². The Morgan fingerprint density at radius 1 is 1.12 bits per heavy atom. The molecular weight excluding hydrogens is 220 g/mol. The number of rotatable bonds is 2. The highest BCUT2D eigenvalue weighted by atomic mass is 16.5. The van der Waals surface area contributed by atoms with E-state index in [-0.39, 0.29) is 24.1 Å². The second kappa shape index (κ2) is 4.33. The maximum Gasteiger partial charge on any atom is 0.302 e. The minimum atomic E-state index is -0.384. The summed E-state index contributed by atoms with van der Waals surface area (Å²) < 4.78 is 4.83. The van der Waals surface area contributed by atoms with Crippen molar-refractivity contribution in [1.82, 2.24) is 0 Å². The van der Waals surface area contributed by atoms with Crippen molar-refractivity contribution in [2.45, 2.75) is 13.5 Å². The first-order chi connectivity index (χ1) is 8.08. The van der Waals surface area contributed by atoms with E-state index in [9.17, 15) is 14.4 Å². The zero-order valence-corrected chi connectivity index (χ0v) is 9.23. The summed E-state index contributed by atoms with van der Waals surface area (Å²) >= 11 is 0. The van der Waals surface area contributed by atoms with Gasteiger partial charge in [-0.2, -0.15) is 0 Å². The lowest BCUT2D eigenvalue weighted by molar-refractivity contribution is -0.142. The van der Waals surface area contributed by atoms with E-state index < -0.39 is 0 Å². The average molecular weight is 230 g/mol. The molecule has 0 amide bonds. The topological polar surface area (TPSA) is 60.4 Å². The normalized spacial score (nSPS) is 13.5. The molecule has 2 rings (SSSR count). The molecule has 0 unspecified atom stereocenters. The fourth-order valence-corrected chi connectivity index (χ4v) is 1.62. The van der Waals surface area contributed by atoms with E-state index in [1.807, 2.05) is 0 Å². The van der Waals surface area contributed by atoms with Crippen molar-refractivity contribution < 1.29 is 19.1 Å². The number of carbonyl (C=O) groups is 3. The third-order valence-electron chi connectivity index (χ3n) is 2.44. The van der Waals surface area contributed by atoms with Gasteiger partial charge in [-0.3, -0.25) is 14.4 Å². The van der Waals surface area contributed by atoms with Gasteiger partial charge in [-0.25, -0.2) is 0 Å². The Kier molecular flexibility index (Phi) is 2.87. The number of allylic oxidation sites excluding steroid dienone is 2. The van der Waals surface area contributed by atoms with Crippen LogP contribution in [0.15, 0.2) is 30.4 Å². The lowest BCUT2D eigenvalue weighted by Gasteiger charge is -2.10. The first-order valence-corrected chi connectivity index (χ1v) is 5.11. The molecule has 0 saturated heterocycles. The Bertz CT molecular complexity index is 540. The number of fused-ring (bicyclic) bond motifs is 1. The van der Waals surface area contributed by atoms with Gasteiger partial charge in [-0.15, -0.1) is 0 Å². The van der Waals surface area contributed by atoms with Gasteiger partial charge in [0.05, 0.1) is 0 Å². The molecule has 1 aromatic carbocycles. The van der Waals surface area contributed by atoms with E-state index in [2.05, 4.69) is 0 Å². The third kappa shape index (κ3) is 2.30. The summed E-state index contributed by atoms with van der Waals surface area (Å²) in [5, 5.41) is 0. The minimum Gasteiger partial charge on any atom is -0.461 e. The van der Waals surface area contributed by atoms with Crippen LogP contribution in [0, 0.1) is 0 Å². The van der Waals surface area contributed by atoms with Crippen LogP contribution in [0.3, 0.4) is 0 Å². The summed E-state index contributed by atoms with van der Waals surface area (Å²) in [6.45, 7) is 1.42. The van der Waals surface area contributed by atoms with E-state index in [1.165, 1.54) is 19.1 Å². The number of esters is 1. The fraction of sp³-hybridized carbons (Fsp3) is 0.154. The molecule has 4 heteroatoms. The summed E-state index contributed by atoms with van der Waals surface area (Å²) in [4.78, 5) is 33.7. The van der Waals surface area contributed by atoms with Crippen molar-refractivity contribution >= 4 is 17.5 Å². The molecule has 0 radical (unpaired) electrons. The summed E-state index contributed by atoms with van der Waals surface area (Å²) in [7, 11) is 0. The molecule has 1 aromatic rings. The number of ketones is 2. The van der Waals surface area contributed by atoms with E-state index >= 15 is 0 Å². The molecule has 0 aliphatic heterocycles. The monoisotopic (exact) mass is 230 g/mol. The van der Waals surface area contributed by atoms with E-state index in [1.54, 1.807) is 18.2 Å². The van der Waals surface area contributed by atoms with Crippen LogP contribution in [0.5, 0.6) is 0 Å². The van der Waals surface area contributed by atoms with E-state index in [0.29, 0.717) is 16.7 Å². The zero-order chi connectivity index (χ0) is 12.4. The first kappa shape index (κ1) is 11.3. The standard InChI is InChI=1S/C13H10O4/c1-8(14)17-7-9-2-3-10-11(6-9)13(16)5-4-12(10)15/h2-6H,7H2,1H3. The number of hydrogen-bond donors (Lipinski definition) is 0. The largest absolute Gasteiger partial charge is 0.461 e. The molecular formula is C13H10O4. The number of hydrogen-bond acceptors (Lipinski definition) is 4. The van der Waals surface area contributed by atoms with Crippen molar-refractivity contribution in [1.29, 1.82) is 0 Å². The van der Waals surface area contributed by atoms with Gasteiger partial charge in [0.25, 0.3) is 0 Å². The Hall–Kier alpha value is -2.23. The smallest absolute Gasteiger partial charge is 0.302 e. The number of ether oxygens (including phenoxy) is 1. The lowest BCUT2D eigenvalue weighted by Crippen LogP contribution is -2.12. The first-order valence-electron chi connectivity index (χ1n) is 5.11. The van der Waals surface area contributed by atoms with Crippen LogP contribution in [-0.2, 0) is 16.1 Å². The molecule has 0 bridgehead atoms. The molecule has 0 spiro atoms. The van der Waals surface area contributed by atoms with Crippen LogP contribution < -0.4 is 0 Å². The second-order valence-electron chi connectivity index (χ2n) is 3.72. The quantitative estimate of drug-likeness (QED) is 0.725. The van der Waals surface area contributed by atoms with Gasteiger partial charge in [-0.05, 0) is 29.8 Å². The Balaban J connectivity index is 2.31. The average Bonchev–Trinajstić information content (AvgIpc) is 2.31. The second-order valence-corrected chi connectivity index (χ2v) is 3.72. The molecule has 1 aliphatic carbocycles. The Morgan fingerprint density at radius 2 is 1.76 bits per heavy atom. The predicted octanol–water partition coefficient (Wildman–Crippen LogP) is 1.68. The molecule has 0 aromatic heterocycles. The van der Waals surface area contributed by atoms with Gasteiger partial charge in [0.1, 0.15) is 6.61 Å². The van der Waals surface area contributed by atoms with Gasteiger partial charge in [-0.1, -0.05) is 6.07 Å². The fourth-order valence-electron chi connectivity index (χ4n) is 1.62. The van der Waals surface area contributed by atoms with E-state index in [0.717, 1.165) is 0 Å². The molecule has 0 saturated carbocycles. The third-order valence-corrected chi connectivity index (χ3v) is 2.44. The van der Waals surface area contributed by atoms with Crippen molar-refractivity contribution in [3.05, 3.63) is 47.0 Å². The summed E-state index contributed by atoms with van der Waals surface area (Å²) in [5.74, 6) is -0.770. The molecule has 1 aliphatic rings. The van der Waals surface area contributed by atoms with Gasteiger partial charge in [0.15, 0.2) is 11.6 Å². The van der Waals surface area contributed by atoms with Crippen LogP contribution in [0.2, 0.25) is 0 Å². The van der Waals surface area contributed by atoms with Gasteiger partial charge >= 0.3 is 5.97 Å². The zero-order valence-electron chi connectivity index (χ0n) is 9.23. The van der Waals surface area contributed by atoms with Crippen LogP contribution in [0.4, 0.5) is 0 Å². The van der Waals surface area contributed by atoms with E-state index in [4.69, 9.17) is 4.74 Å². The molecule has 86 valence electrons. The maximum atomic E-state index is 11.6. The maximum absolute atomic E-state index is 11.6. The van der Waals surface area contributed by atoms with Crippen LogP contribution in [0.25, 0.3) is 0 Å². The van der Waals surface area contributed by atoms with Crippen LogP contribution in [-0.4, -0.2) is 17.5 Å². The minimum absolute atomic E-state index is 0.105. The van der Waals surface area contributed by atoms with Crippen LogP contribution >= 0.6 is 0 Å². The van der Waals surface area contributed by atoms with Crippen molar-refractivity contribution in [2.24, 2.45) is 0 Å². The molecule has 0 atom stereocenters. The predicted molar refractivity (Wildman–Crippen MR) is 59.7 cm³/mol. The highest BCUT2D eigenvalue weighted by molar-refractivity contribution is 6.22. The number of benzene rings is 1.